The lowest BCUT2D eigenvalue weighted by Crippen LogP contribution is -2.47. The summed E-state index contributed by atoms with van der Waals surface area (Å²) in [4.78, 5) is 10.7. The summed E-state index contributed by atoms with van der Waals surface area (Å²) >= 11 is 0. The lowest BCUT2D eigenvalue weighted by molar-refractivity contribution is 0.160. The molecule has 1 aromatic heterocycles. The summed E-state index contributed by atoms with van der Waals surface area (Å²) < 4.78 is 0. The van der Waals surface area contributed by atoms with Gasteiger partial charge in [-0.1, -0.05) is 6.92 Å². The number of nitrogens with two attached hydrogens (primary N) is 1. The van der Waals surface area contributed by atoms with Crippen molar-refractivity contribution in [1.82, 2.24) is 14.9 Å². The van der Waals surface area contributed by atoms with E-state index < -0.39 is 0 Å². The molecule has 4 heteroatoms. The van der Waals surface area contributed by atoms with Crippen molar-refractivity contribution >= 4 is 0 Å². The Kier molecular flexibility index (Phi) is 3.28. The van der Waals surface area contributed by atoms with E-state index in [0.717, 1.165) is 25.3 Å². The van der Waals surface area contributed by atoms with Gasteiger partial charge in [0, 0.05) is 37.7 Å². The first kappa shape index (κ1) is 10.5. The Balaban J connectivity index is 1.91. The largest absolute Gasteiger partial charge is 0.326 e. The minimum atomic E-state index is 0.301. The maximum absolute atomic E-state index is 6.04. The van der Waals surface area contributed by atoms with E-state index in [9.17, 15) is 0 Å². The van der Waals surface area contributed by atoms with Crippen molar-refractivity contribution in [1.29, 1.82) is 0 Å². The highest BCUT2D eigenvalue weighted by molar-refractivity contribution is 4.95. The van der Waals surface area contributed by atoms with Gasteiger partial charge in [-0.05, 0) is 18.9 Å². The fraction of sp³-hybridized carbons (Fsp3) is 0.636. The van der Waals surface area contributed by atoms with Gasteiger partial charge in [0.05, 0.1) is 5.69 Å². The smallest absolute Gasteiger partial charge is 0.0726 e. The molecule has 1 fully saturated rings. The van der Waals surface area contributed by atoms with Crippen molar-refractivity contribution in [3.8, 4) is 0 Å². The molecule has 0 unspecified atom stereocenters. The Morgan fingerprint density at radius 2 is 2.40 bits per heavy atom. The quantitative estimate of drug-likeness (QED) is 0.771. The molecule has 15 heavy (non-hydrogen) atoms. The Morgan fingerprint density at radius 3 is 3.07 bits per heavy atom. The summed E-state index contributed by atoms with van der Waals surface area (Å²) in [6, 6.07) is 0.301. The summed E-state index contributed by atoms with van der Waals surface area (Å²) in [6.07, 6.45) is 6.44. The highest BCUT2D eigenvalue weighted by atomic mass is 15.2. The molecule has 0 spiro atoms. The third kappa shape index (κ3) is 2.73. The molecule has 2 atom stereocenters. The number of piperidine rings is 1. The average Bonchev–Trinajstić information content (AvgIpc) is 2.25. The molecule has 0 amide bonds. The number of hydrogen-bond donors (Lipinski definition) is 1. The lowest BCUT2D eigenvalue weighted by Gasteiger charge is -2.34. The molecule has 0 aliphatic carbocycles. The van der Waals surface area contributed by atoms with Crippen LogP contribution >= 0.6 is 0 Å². The molecule has 0 aromatic carbocycles. The average molecular weight is 206 g/mol. The zero-order valence-electron chi connectivity index (χ0n) is 9.13. The first-order chi connectivity index (χ1) is 7.25. The molecule has 82 valence electrons. The van der Waals surface area contributed by atoms with E-state index in [1.807, 2.05) is 6.20 Å². The number of rotatable bonds is 2. The van der Waals surface area contributed by atoms with Crippen LogP contribution in [-0.4, -0.2) is 34.0 Å². The van der Waals surface area contributed by atoms with Crippen LogP contribution in [0.3, 0.4) is 0 Å². The molecular formula is C11H18N4. The molecule has 0 bridgehead atoms. The molecule has 1 aromatic rings. The maximum atomic E-state index is 6.04. The van der Waals surface area contributed by atoms with Gasteiger partial charge < -0.3 is 5.73 Å². The van der Waals surface area contributed by atoms with Crippen LogP contribution in [0.25, 0.3) is 0 Å². The van der Waals surface area contributed by atoms with E-state index in [4.69, 9.17) is 5.73 Å². The maximum Gasteiger partial charge on any atom is 0.0726 e. The van der Waals surface area contributed by atoms with Crippen molar-refractivity contribution < 1.29 is 0 Å². The summed E-state index contributed by atoms with van der Waals surface area (Å²) in [5.41, 5.74) is 7.07. The Hall–Kier alpha value is -1.00. The highest BCUT2D eigenvalue weighted by Crippen LogP contribution is 2.16. The Morgan fingerprint density at radius 1 is 1.53 bits per heavy atom. The molecule has 0 saturated carbocycles. The third-order valence-electron chi connectivity index (χ3n) is 3.10. The number of hydrogen-bond acceptors (Lipinski definition) is 4. The van der Waals surface area contributed by atoms with Gasteiger partial charge >= 0.3 is 0 Å². The van der Waals surface area contributed by atoms with Crippen molar-refractivity contribution in [2.45, 2.75) is 25.9 Å². The van der Waals surface area contributed by atoms with Gasteiger partial charge in [-0.3, -0.25) is 14.9 Å². The van der Waals surface area contributed by atoms with Gasteiger partial charge in [0.1, 0.15) is 0 Å². The van der Waals surface area contributed by atoms with Crippen molar-refractivity contribution in [2.75, 3.05) is 13.1 Å². The molecule has 1 aliphatic rings. The van der Waals surface area contributed by atoms with Crippen molar-refractivity contribution in [3.63, 3.8) is 0 Å². The second-order valence-corrected chi connectivity index (χ2v) is 4.36. The molecule has 4 nitrogen and oxygen atoms in total. The summed E-state index contributed by atoms with van der Waals surface area (Å²) in [5.74, 6) is 0.642. The summed E-state index contributed by atoms with van der Waals surface area (Å²) in [5, 5.41) is 0. The molecule has 2 N–H and O–H groups in total. The zero-order chi connectivity index (χ0) is 10.7. The topological polar surface area (TPSA) is 55.0 Å². The van der Waals surface area contributed by atoms with E-state index in [2.05, 4.69) is 21.8 Å². The zero-order valence-corrected chi connectivity index (χ0v) is 9.13. The van der Waals surface area contributed by atoms with E-state index in [1.165, 1.54) is 6.42 Å². The lowest BCUT2D eigenvalue weighted by atomic mass is 9.94. The van der Waals surface area contributed by atoms with E-state index in [0.29, 0.717) is 12.0 Å². The van der Waals surface area contributed by atoms with E-state index in [1.54, 1.807) is 12.4 Å². The van der Waals surface area contributed by atoms with Crippen LogP contribution in [0.5, 0.6) is 0 Å². The standard InChI is InChI=1S/C11H18N4/c1-9-2-5-15(8-11(9)12)7-10-6-13-3-4-14-10/h3-4,6,9,11H,2,5,7-8,12H2,1H3/t9-,11-/m1/s1. The van der Waals surface area contributed by atoms with E-state index >= 15 is 0 Å². The highest BCUT2D eigenvalue weighted by Gasteiger charge is 2.22. The molecule has 2 rings (SSSR count). The van der Waals surface area contributed by atoms with Crippen LogP contribution < -0.4 is 5.73 Å². The number of nitrogens with zero attached hydrogens (tertiary/aromatic N) is 3. The van der Waals surface area contributed by atoms with Crippen LogP contribution in [0, 0.1) is 5.92 Å². The van der Waals surface area contributed by atoms with Gasteiger partial charge in [-0.15, -0.1) is 0 Å². The number of likely N-dealkylation sites (tertiary alicyclic amines) is 1. The monoisotopic (exact) mass is 206 g/mol. The van der Waals surface area contributed by atoms with Gasteiger partial charge in [0.25, 0.3) is 0 Å². The van der Waals surface area contributed by atoms with E-state index in [-0.39, 0.29) is 0 Å². The Bertz CT molecular complexity index is 301. The molecule has 2 heterocycles. The fourth-order valence-electron chi connectivity index (χ4n) is 1.95. The summed E-state index contributed by atoms with van der Waals surface area (Å²) in [7, 11) is 0. The van der Waals surface area contributed by atoms with Gasteiger partial charge in [0.2, 0.25) is 0 Å². The molecule has 1 saturated heterocycles. The second-order valence-electron chi connectivity index (χ2n) is 4.36. The first-order valence-electron chi connectivity index (χ1n) is 5.48. The second kappa shape index (κ2) is 4.68. The predicted octanol–water partition coefficient (Wildman–Crippen LogP) is 0.646. The van der Waals surface area contributed by atoms with Crippen molar-refractivity contribution in [3.05, 3.63) is 24.3 Å². The van der Waals surface area contributed by atoms with Crippen molar-refractivity contribution in [2.24, 2.45) is 11.7 Å². The normalized spacial score (nSPS) is 27.9. The van der Waals surface area contributed by atoms with Crippen LogP contribution in [0.15, 0.2) is 18.6 Å². The minimum absolute atomic E-state index is 0.301. The minimum Gasteiger partial charge on any atom is -0.326 e. The third-order valence-corrected chi connectivity index (χ3v) is 3.10. The van der Waals surface area contributed by atoms with Gasteiger partial charge in [-0.25, -0.2) is 0 Å². The predicted molar refractivity (Wildman–Crippen MR) is 59.1 cm³/mol. The SMILES string of the molecule is C[C@@H]1CCN(Cc2cnccn2)C[C@H]1N. The van der Waals surface area contributed by atoms with Crippen LogP contribution in [0.4, 0.5) is 0 Å². The molecule has 1 aliphatic heterocycles. The fourth-order valence-corrected chi connectivity index (χ4v) is 1.95. The van der Waals surface area contributed by atoms with Crippen LogP contribution in [-0.2, 0) is 6.54 Å². The summed E-state index contributed by atoms with van der Waals surface area (Å²) in [6.45, 7) is 5.18. The van der Waals surface area contributed by atoms with Crippen LogP contribution in [0.1, 0.15) is 19.0 Å². The molecule has 0 radical (unpaired) electrons. The first-order valence-corrected chi connectivity index (χ1v) is 5.48. The van der Waals surface area contributed by atoms with Gasteiger partial charge in [-0.2, -0.15) is 0 Å². The van der Waals surface area contributed by atoms with Gasteiger partial charge in [0.15, 0.2) is 0 Å². The van der Waals surface area contributed by atoms with Crippen LogP contribution in [0.2, 0.25) is 0 Å². The number of aromatic nitrogens is 2. The molecular weight excluding hydrogens is 188 g/mol. The Labute approximate surface area is 90.5 Å².